The zero-order valence-electron chi connectivity index (χ0n) is 16.0. The first kappa shape index (κ1) is 21.0. The van der Waals surface area contributed by atoms with E-state index in [2.05, 4.69) is 10.3 Å². The highest BCUT2D eigenvalue weighted by Crippen LogP contribution is 2.22. The first-order valence-electron chi connectivity index (χ1n) is 8.81. The molecule has 0 aliphatic heterocycles. The molecular formula is C20H21N3O4S2. The van der Waals surface area contributed by atoms with Gasteiger partial charge in [0.2, 0.25) is 10.0 Å². The summed E-state index contributed by atoms with van der Waals surface area (Å²) in [6, 6.07) is 13.8. The summed E-state index contributed by atoms with van der Waals surface area (Å²) in [5.41, 5.74) is 2.03. The molecule has 2 aromatic carbocycles. The third kappa shape index (κ3) is 5.86. The minimum Gasteiger partial charge on any atom is -0.481 e. The van der Waals surface area contributed by atoms with Crippen molar-refractivity contribution in [3.05, 3.63) is 70.7 Å². The van der Waals surface area contributed by atoms with Crippen molar-refractivity contribution in [2.24, 2.45) is 5.14 Å². The summed E-state index contributed by atoms with van der Waals surface area (Å²) in [6.07, 6.45) is 1.57. The Kier molecular flexibility index (Phi) is 6.31. The van der Waals surface area contributed by atoms with Crippen molar-refractivity contribution < 1.29 is 17.9 Å². The molecule has 1 aromatic heterocycles. The molecule has 29 heavy (non-hydrogen) atoms. The minimum absolute atomic E-state index is 0.0704. The number of nitrogens with two attached hydrogens (primary N) is 1. The maximum atomic E-state index is 12.3. The maximum absolute atomic E-state index is 12.3. The van der Waals surface area contributed by atoms with Gasteiger partial charge in [0, 0.05) is 17.5 Å². The highest BCUT2D eigenvalue weighted by Gasteiger charge is 2.16. The predicted molar refractivity (Wildman–Crippen MR) is 113 cm³/mol. The third-order valence-corrected chi connectivity index (χ3v) is 5.96. The lowest BCUT2D eigenvalue weighted by Crippen LogP contribution is -2.30. The molecule has 0 spiro atoms. The fourth-order valence-corrected chi connectivity index (χ4v) is 3.89. The fourth-order valence-electron chi connectivity index (χ4n) is 2.53. The van der Waals surface area contributed by atoms with Crippen LogP contribution >= 0.6 is 11.3 Å². The van der Waals surface area contributed by atoms with Crippen molar-refractivity contribution in [2.45, 2.75) is 31.3 Å². The van der Waals surface area contributed by atoms with Gasteiger partial charge < -0.3 is 4.74 Å². The van der Waals surface area contributed by atoms with Crippen LogP contribution in [0.2, 0.25) is 0 Å². The topological polar surface area (TPSA) is 111 Å². The van der Waals surface area contributed by atoms with Gasteiger partial charge in [0.15, 0.2) is 11.2 Å². The van der Waals surface area contributed by atoms with Gasteiger partial charge in [-0.3, -0.25) is 10.1 Å². The number of primary sulfonamides is 1. The van der Waals surface area contributed by atoms with Crippen LogP contribution in [0.3, 0.4) is 0 Å². The molecule has 152 valence electrons. The molecule has 9 heteroatoms. The van der Waals surface area contributed by atoms with Crippen molar-refractivity contribution in [3.63, 3.8) is 0 Å². The van der Waals surface area contributed by atoms with Gasteiger partial charge in [0.1, 0.15) is 5.75 Å². The summed E-state index contributed by atoms with van der Waals surface area (Å²) in [7, 11) is -3.70. The second kappa shape index (κ2) is 8.73. The number of nitrogens with one attached hydrogen (secondary N) is 1. The predicted octanol–water partition coefficient (Wildman–Crippen LogP) is 3.10. The molecular weight excluding hydrogens is 410 g/mol. The highest BCUT2D eigenvalue weighted by molar-refractivity contribution is 7.89. The number of aryl methyl sites for hydroxylation is 1. The SMILES string of the molecule is Cc1ccc(OC(C)C(=O)Nc2ncc(Cc3ccc(S(N)(=O)=O)cc3)s2)cc1. The van der Waals surface area contributed by atoms with E-state index in [4.69, 9.17) is 9.88 Å². The van der Waals surface area contributed by atoms with Crippen LogP contribution in [0.15, 0.2) is 59.6 Å². The van der Waals surface area contributed by atoms with E-state index in [0.29, 0.717) is 17.3 Å². The number of amides is 1. The molecule has 3 aromatic rings. The van der Waals surface area contributed by atoms with Crippen molar-refractivity contribution in [3.8, 4) is 5.75 Å². The number of sulfonamides is 1. The second-order valence-corrected chi connectivity index (χ2v) is 9.24. The lowest BCUT2D eigenvalue weighted by Gasteiger charge is -2.13. The average Bonchev–Trinajstić information content (AvgIpc) is 3.10. The molecule has 0 bridgehead atoms. The normalized spacial score (nSPS) is 12.4. The lowest BCUT2D eigenvalue weighted by molar-refractivity contribution is -0.122. The summed E-state index contributed by atoms with van der Waals surface area (Å²) < 4.78 is 28.3. The number of rotatable bonds is 7. The van der Waals surface area contributed by atoms with Crippen LogP contribution in [0.4, 0.5) is 5.13 Å². The number of hydrogen-bond donors (Lipinski definition) is 2. The zero-order valence-corrected chi connectivity index (χ0v) is 17.6. The Morgan fingerprint density at radius 2 is 1.83 bits per heavy atom. The number of benzene rings is 2. The van der Waals surface area contributed by atoms with E-state index in [-0.39, 0.29) is 10.8 Å². The van der Waals surface area contributed by atoms with Crippen LogP contribution in [0, 0.1) is 6.92 Å². The summed E-state index contributed by atoms with van der Waals surface area (Å²) in [6.45, 7) is 3.66. The van der Waals surface area contributed by atoms with Gasteiger partial charge in [0.05, 0.1) is 4.90 Å². The Morgan fingerprint density at radius 1 is 1.17 bits per heavy atom. The van der Waals surface area contributed by atoms with Crippen LogP contribution in [0.25, 0.3) is 0 Å². The monoisotopic (exact) mass is 431 g/mol. The van der Waals surface area contributed by atoms with E-state index in [1.165, 1.54) is 23.5 Å². The quantitative estimate of drug-likeness (QED) is 0.597. The average molecular weight is 432 g/mol. The number of hydrogen-bond acceptors (Lipinski definition) is 6. The Balaban J connectivity index is 1.58. The van der Waals surface area contributed by atoms with E-state index in [1.807, 2.05) is 31.2 Å². The second-order valence-electron chi connectivity index (χ2n) is 6.56. The molecule has 0 aliphatic carbocycles. The van der Waals surface area contributed by atoms with E-state index < -0.39 is 16.1 Å². The largest absolute Gasteiger partial charge is 0.481 e. The number of nitrogens with zero attached hydrogens (tertiary/aromatic N) is 1. The maximum Gasteiger partial charge on any atom is 0.266 e. The first-order valence-corrected chi connectivity index (χ1v) is 11.2. The van der Waals surface area contributed by atoms with Gasteiger partial charge in [-0.25, -0.2) is 18.5 Å². The molecule has 3 rings (SSSR count). The van der Waals surface area contributed by atoms with E-state index >= 15 is 0 Å². The number of ether oxygens (including phenoxy) is 1. The summed E-state index contributed by atoms with van der Waals surface area (Å²) >= 11 is 1.35. The van der Waals surface area contributed by atoms with E-state index in [1.54, 1.807) is 25.3 Å². The van der Waals surface area contributed by atoms with E-state index in [9.17, 15) is 13.2 Å². The van der Waals surface area contributed by atoms with Gasteiger partial charge in [-0.1, -0.05) is 29.8 Å². The molecule has 0 aliphatic rings. The van der Waals surface area contributed by atoms with Gasteiger partial charge in [-0.15, -0.1) is 11.3 Å². The summed E-state index contributed by atoms with van der Waals surface area (Å²) in [5, 5.41) is 8.34. The molecule has 0 saturated carbocycles. The first-order chi connectivity index (χ1) is 13.7. The Bertz CT molecular complexity index is 1090. The number of anilines is 1. The van der Waals surface area contributed by atoms with Crippen LogP contribution in [-0.4, -0.2) is 25.4 Å². The smallest absolute Gasteiger partial charge is 0.266 e. The lowest BCUT2D eigenvalue weighted by atomic mass is 10.1. The minimum atomic E-state index is -3.70. The fraction of sp³-hybridized carbons (Fsp3) is 0.200. The zero-order chi connectivity index (χ0) is 21.0. The molecule has 1 unspecified atom stereocenters. The van der Waals surface area contributed by atoms with Crippen LogP contribution in [-0.2, 0) is 21.2 Å². The van der Waals surface area contributed by atoms with Crippen molar-refractivity contribution in [2.75, 3.05) is 5.32 Å². The summed E-state index contributed by atoms with van der Waals surface area (Å²) in [5.74, 6) is 0.338. The molecule has 1 atom stereocenters. The molecule has 1 amide bonds. The number of aromatic nitrogens is 1. The molecule has 0 fully saturated rings. The van der Waals surface area contributed by atoms with Gasteiger partial charge in [-0.2, -0.15) is 0 Å². The number of thiazole rings is 1. The molecule has 7 nitrogen and oxygen atoms in total. The standard InChI is InChI=1S/C20H21N3O4S2/c1-13-3-7-16(8-4-13)27-14(2)19(24)23-20-22-12-17(28-20)11-15-5-9-18(10-6-15)29(21,25)26/h3-10,12,14H,11H2,1-2H3,(H2,21,25,26)(H,22,23,24). The third-order valence-electron chi connectivity index (χ3n) is 4.12. The van der Waals surface area contributed by atoms with Crippen LogP contribution in [0.1, 0.15) is 22.9 Å². The molecule has 1 heterocycles. The van der Waals surface area contributed by atoms with Crippen molar-refractivity contribution in [1.82, 2.24) is 4.98 Å². The number of carbonyl (C=O) groups is 1. The van der Waals surface area contributed by atoms with Gasteiger partial charge in [-0.05, 0) is 43.7 Å². The Hall–Kier alpha value is -2.75. The van der Waals surface area contributed by atoms with Gasteiger partial charge >= 0.3 is 0 Å². The van der Waals surface area contributed by atoms with Crippen molar-refractivity contribution in [1.29, 1.82) is 0 Å². The molecule has 0 saturated heterocycles. The van der Waals surface area contributed by atoms with Crippen LogP contribution in [0.5, 0.6) is 5.75 Å². The number of carbonyl (C=O) groups excluding carboxylic acids is 1. The molecule has 0 radical (unpaired) electrons. The van der Waals surface area contributed by atoms with E-state index in [0.717, 1.165) is 16.0 Å². The Labute approximate surface area is 173 Å². The Morgan fingerprint density at radius 3 is 2.45 bits per heavy atom. The summed E-state index contributed by atoms with van der Waals surface area (Å²) in [4.78, 5) is 17.6. The van der Waals surface area contributed by atoms with Crippen molar-refractivity contribution >= 4 is 32.4 Å². The van der Waals surface area contributed by atoms with Gasteiger partial charge in [0.25, 0.3) is 5.91 Å². The molecule has 3 N–H and O–H groups in total. The highest BCUT2D eigenvalue weighted by atomic mass is 32.2. The van der Waals surface area contributed by atoms with Crippen LogP contribution < -0.4 is 15.2 Å².